The van der Waals surface area contributed by atoms with E-state index in [1.807, 2.05) is 18.2 Å². The quantitative estimate of drug-likeness (QED) is 0.735. The number of amides is 1. The molecule has 0 bridgehead atoms. The van der Waals surface area contributed by atoms with Crippen LogP contribution in [0.4, 0.5) is 0 Å². The monoisotopic (exact) mass is 355 g/mol. The summed E-state index contributed by atoms with van der Waals surface area (Å²) in [4.78, 5) is 12.1. The Hall–Kier alpha value is -2.95. The van der Waals surface area contributed by atoms with Crippen LogP contribution < -0.4 is 19.5 Å². The van der Waals surface area contributed by atoms with Crippen LogP contribution in [0.1, 0.15) is 24.0 Å². The van der Waals surface area contributed by atoms with Crippen molar-refractivity contribution >= 4 is 12.0 Å². The molecule has 1 atom stereocenters. The van der Waals surface area contributed by atoms with E-state index in [1.54, 1.807) is 39.5 Å². The summed E-state index contributed by atoms with van der Waals surface area (Å²) in [6.07, 6.45) is 3.19. The highest BCUT2D eigenvalue weighted by Crippen LogP contribution is 2.35. The Morgan fingerprint density at radius 1 is 1.00 bits per heavy atom. The summed E-state index contributed by atoms with van der Waals surface area (Å²) in [6, 6.07) is 13.6. The second kappa shape index (κ2) is 9.51. The molecule has 138 valence electrons. The molecule has 0 saturated heterocycles. The van der Waals surface area contributed by atoms with Crippen LogP contribution in [0.25, 0.3) is 6.08 Å². The van der Waals surface area contributed by atoms with Crippen molar-refractivity contribution < 1.29 is 19.0 Å². The van der Waals surface area contributed by atoms with Gasteiger partial charge in [-0.05, 0) is 23.6 Å². The van der Waals surface area contributed by atoms with E-state index in [0.717, 1.165) is 5.56 Å². The van der Waals surface area contributed by atoms with E-state index < -0.39 is 0 Å². The van der Waals surface area contributed by atoms with E-state index in [1.165, 1.54) is 11.6 Å². The zero-order valence-corrected chi connectivity index (χ0v) is 15.6. The predicted molar refractivity (Wildman–Crippen MR) is 103 cm³/mol. The van der Waals surface area contributed by atoms with Crippen molar-refractivity contribution in [1.82, 2.24) is 5.32 Å². The van der Waals surface area contributed by atoms with Crippen LogP contribution in [-0.4, -0.2) is 33.8 Å². The highest BCUT2D eigenvalue weighted by molar-refractivity contribution is 5.92. The van der Waals surface area contributed by atoms with Crippen LogP contribution in [0.5, 0.6) is 17.2 Å². The molecule has 2 aromatic rings. The van der Waals surface area contributed by atoms with Crippen LogP contribution in [0.3, 0.4) is 0 Å². The minimum atomic E-state index is -0.162. The number of methoxy groups -OCH3 is 3. The summed E-state index contributed by atoms with van der Waals surface area (Å²) in [5.74, 6) is 1.83. The molecule has 0 radical (unpaired) electrons. The van der Waals surface area contributed by atoms with Gasteiger partial charge in [0.1, 0.15) is 5.75 Å². The van der Waals surface area contributed by atoms with Crippen molar-refractivity contribution in [3.63, 3.8) is 0 Å². The predicted octanol–water partition coefficient (Wildman–Crippen LogP) is 3.65. The SMILES string of the molecule is COc1cc(OC)c(OC)cc1/C=C/C(=O)NC[C@@H](C)c1ccccc1. The Balaban J connectivity index is 2.03. The summed E-state index contributed by atoms with van der Waals surface area (Å²) in [5, 5.41) is 2.92. The summed E-state index contributed by atoms with van der Waals surface area (Å²) in [6.45, 7) is 2.65. The van der Waals surface area contributed by atoms with Gasteiger partial charge in [-0.1, -0.05) is 37.3 Å². The number of carbonyl (C=O) groups excluding carboxylic acids is 1. The fourth-order valence-corrected chi connectivity index (χ4v) is 2.56. The number of hydrogen-bond donors (Lipinski definition) is 1. The lowest BCUT2D eigenvalue weighted by molar-refractivity contribution is -0.116. The fourth-order valence-electron chi connectivity index (χ4n) is 2.56. The normalized spacial score (nSPS) is 11.8. The summed E-state index contributed by atoms with van der Waals surface area (Å²) in [5.41, 5.74) is 1.93. The second-order valence-electron chi connectivity index (χ2n) is 5.84. The molecule has 0 aliphatic heterocycles. The number of ether oxygens (including phenoxy) is 3. The molecule has 0 aromatic heterocycles. The van der Waals surface area contributed by atoms with Gasteiger partial charge >= 0.3 is 0 Å². The molecule has 26 heavy (non-hydrogen) atoms. The van der Waals surface area contributed by atoms with Gasteiger partial charge in [0.25, 0.3) is 0 Å². The Morgan fingerprint density at radius 2 is 1.62 bits per heavy atom. The third-order valence-electron chi connectivity index (χ3n) is 4.10. The molecular formula is C21H25NO4. The molecule has 0 aliphatic rings. The molecule has 0 fully saturated rings. The van der Waals surface area contributed by atoms with Crippen molar-refractivity contribution in [3.8, 4) is 17.2 Å². The molecule has 2 rings (SSSR count). The van der Waals surface area contributed by atoms with Crippen LogP contribution in [0.2, 0.25) is 0 Å². The largest absolute Gasteiger partial charge is 0.496 e. The maximum absolute atomic E-state index is 12.1. The van der Waals surface area contributed by atoms with Gasteiger partial charge in [-0.3, -0.25) is 4.79 Å². The molecule has 0 spiro atoms. The number of carbonyl (C=O) groups is 1. The zero-order valence-electron chi connectivity index (χ0n) is 15.6. The van der Waals surface area contributed by atoms with E-state index >= 15 is 0 Å². The fraction of sp³-hybridized carbons (Fsp3) is 0.286. The number of benzene rings is 2. The maximum Gasteiger partial charge on any atom is 0.244 e. The lowest BCUT2D eigenvalue weighted by Gasteiger charge is -2.13. The smallest absolute Gasteiger partial charge is 0.244 e. The first kappa shape index (κ1) is 19.4. The van der Waals surface area contributed by atoms with Crippen molar-refractivity contribution in [2.75, 3.05) is 27.9 Å². The van der Waals surface area contributed by atoms with Gasteiger partial charge in [0.05, 0.1) is 21.3 Å². The van der Waals surface area contributed by atoms with Gasteiger partial charge < -0.3 is 19.5 Å². The van der Waals surface area contributed by atoms with Gasteiger partial charge in [0, 0.05) is 24.3 Å². The molecule has 0 aliphatic carbocycles. The molecule has 0 saturated carbocycles. The van der Waals surface area contributed by atoms with E-state index in [-0.39, 0.29) is 11.8 Å². The van der Waals surface area contributed by atoms with Crippen LogP contribution in [0.15, 0.2) is 48.5 Å². The van der Waals surface area contributed by atoms with E-state index in [0.29, 0.717) is 23.8 Å². The van der Waals surface area contributed by atoms with Gasteiger partial charge in [0.2, 0.25) is 5.91 Å². The standard InChI is InChI=1S/C21H25NO4/c1-15(16-8-6-5-7-9-16)14-22-21(23)11-10-17-12-19(25-3)20(26-4)13-18(17)24-2/h5-13,15H,14H2,1-4H3,(H,22,23)/b11-10+/t15-/m1/s1. The summed E-state index contributed by atoms with van der Waals surface area (Å²) >= 11 is 0. The van der Waals surface area contributed by atoms with Gasteiger partial charge in [0.15, 0.2) is 11.5 Å². The van der Waals surface area contributed by atoms with E-state index in [4.69, 9.17) is 14.2 Å². The van der Waals surface area contributed by atoms with Crippen molar-refractivity contribution in [2.24, 2.45) is 0 Å². The van der Waals surface area contributed by atoms with Crippen molar-refractivity contribution in [3.05, 3.63) is 59.7 Å². The Kier molecular flexibility index (Phi) is 7.09. The highest BCUT2D eigenvalue weighted by atomic mass is 16.5. The first-order valence-corrected chi connectivity index (χ1v) is 8.40. The maximum atomic E-state index is 12.1. The Bertz CT molecular complexity index is 756. The highest BCUT2D eigenvalue weighted by Gasteiger charge is 2.11. The van der Waals surface area contributed by atoms with Gasteiger partial charge in [-0.15, -0.1) is 0 Å². The molecule has 5 nitrogen and oxygen atoms in total. The van der Waals surface area contributed by atoms with Crippen LogP contribution >= 0.6 is 0 Å². The van der Waals surface area contributed by atoms with Crippen LogP contribution in [-0.2, 0) is 4.79 Å². The van der Waals surface area contributed by atoms with E-state index in [9.17, 15) is 4.79 Å². The molecule has 5 heteroatoms. The molecule has 0 unspecified atom stereocenters. The van der Waals surface area contributed by atoms with Crippen LogP contribution in [0, 0.1) is 0 Å². The number of hydrogen-bond acceptors (Lipinski definition) is 4. The average Bonchev–Trinajstić information content (AvgIpc) is 2.70. The lowest BCUT2D eigenvalue weighted by atomic mass is 10.0. The molecule has 2 aromatic carbocycles. The number of nitrogens with one attached hydrogen (secondary N) is 1. The van der Waals surface area contributed by atoms with Crippen molar-refractivity contribution in [1.29, 1.82) is 0 Å². The zero-order chi connectivity index (χ0) is 18.9. The third-order valence-corrected chi connectivity index (χ3v) is 4.10. The first-order chi connectivity index (χ1) is 12.6. The topological polar surface area (TPSA) is 56.8 Å². The molecule has 1 amide bonds. The molecule has 1 N–H and O–H groups in total. The number of rotatable bonds is 8. The average molecular weight is 355 g/mol. The van der Waals surface area contributed by atoms with Gasteiger partial charge in [-0.2, -0.15) is 0 Å². The van der Waals surface area contributed by atoms with Gasteiger partial charge in [-0.25, -0.2) is 0 Å². The second-order valence-corrected chi connectivity index (χ2v) is 5.84. The Labute approximate surface area is 154 Å². The Morgan fingerprint density at radius 3 is 2.23 bits per heavy atom. The van der Waals surface area contributed by atoms with E-state index in [2.05, 4.69) is 24.4 Å². The first-order valence-electron chi connectivity index (χ1n) is 8.40. The summed E-state index contributed by atoms with van der Waals surface area (Å²) < 4.78 is 15.9. The van der Waals surface area contributed by atoms with Crippen molar-refractivity contribution in [2.45, 2.75) is 12.8 Å². The molecular weight excluding hydrogens is 330 g/mol. The third kappa shape index (κ3) is 5.02. The molecule has 0 heterocycles. The minimum absolute atomic E-state index is 0.162. The lowest BCUT2D eigenvalue weighted by Crippen LogP contribution is -2.25. The summed E-state index contributed by atoms with van der Waals surface area (Å²) in [7, 11) is 4.70. The minimum Gasteiger partial charge on any atom is -0.496 e.